The van der Waals surface area contributed by atoms with Crippen LogP contribution in [0.4, 0.5) is 5.69 Å². The van der Waals surface area contributed by atoms with Crippen LogP contribution in [0, 0.1) is 0 Å². The molecule has 0 spiro atoms. The van der Waals surface area contributed by atoms with Crippen molar-refractivity contribution >= 4 is 29.9 Å². The molecule has 0 bridgehead atoms. The summed E-state index contributed by atoms with van der Waals surface area (Å²) in [6.45, 7) is 13.0. The quantitative estimate of drug-likeness (QED) is 0.752. The molecule has 0 aromatic heterocycles. The number of halogens is 1. The highest BCUT2D eigenvalue weighted by Crippen LogP contribution is 2.37. The number of ether oxygens (including phenoxy) is 1. The number of fused-ring (bicyclic) bond motifs is 1. The molecule has 1 aromatic rings. The molecule has 0 fully saturated rings. The first-order valence-corrected chi connectivity index (χ1v) is 11.2. The van der Waals surface area contributed by atoms with E-state index in [0.717, 1.165) is 35.5 Å². The summed E-state index contributed by atoms with van der Waals surface area (Å²) in [6, 6.07) is 6.07. The molecular weight excluding hydrogens is 346 g/mol. The van der Waals surface area contributed by atoms with Crippen LogP contribution in [0.2, 0.25) is 18.1 Å². The van der Waals surface area contributed by atoms with Crippen molar-refractivity contribution in [1.29, 1.82) is 0 Å². The van der Waals surface area contributed by atoms with Gasteiger partial charge in [0.2, 0.25) is 0 Å². The lowest BCUT2D eigenvalue weighted by molar-refractivity contribution is 0.160. The first-order valence-electron chi connectivity index (χ1n) is 7.53. The maximum atomic E-state index is 6.23. The molecule has 2 rings (SSSR count). The first-order chi connectivity index (χ1) is 9.69. The van der Waals surface area contributed by atoms with Gasteiger partial charge in [-0.05, 0) is 36.3 Å². The van der Waals surface area contributed by atoms with Crippen molar-refractivity contribution < 1.29 is 9.16 Å². The zero-order chi connectivity index (χ0) is 15.7. The van der Waals surface area contributed by atoms with Crippen molar-refractivity contribution in [1.82, 2.24) is 0 Å². The van der Waals surface area contributed by atoms with Crippen molar-refractivity contribution in [2.24, 2.45) is 0 Å². The molecule has 1 N–H and O–H groups in total. The Hall–Kier alpha value is -0.523. The standard InChI is InChI=1S/C16H26BrNO2Si/c1-16(2,3)21(4,5)19-9-8-13-11-18-14-10-12(17)6-7-15(14)20-13/h6-7,10,13,18H,8-9,11H2,1-5H3/t13-/m0/s1. The summed E-state index contributed by atoms with van der Waals surface area (Å²) in [5.41, 5.74) is 1.06. The van der Waals surface area contributed by atoms with E-state index in [9.17, 15) is 0 Å². The molecule has 21 heavy (non-hydrogen) atoms. The van der Waals surface area contributed by atoms with E-state index in [1.54, 1.807) is 0 Å². The van der Waals surface area contributed by atoms with Gasteiger partial charge in [0.15, 0.2) is 8.32 Å². The van der Waals surface area contributed by atoms with Gasteiger partial charge >= 0.3 is 0 Å². The number of hydrogen-bond donors (Lipinski definition) is 1. The Morgan fingerprint density at radius 3 is 2.76 bits per heavy atom. The molecule has 3 nitrogen and oxygen atoms in total. The minimum absolute atomic E-state index is 0.184. The van der Waals surface area contributed by atoms with Crippen LogP contribution in [0.25, 0.3) is 0 Å². The summed E-state index contributed by atoms with van der Waals surface area (Å²) in [7, 11) is -1.65. The topological polar surface area (TPSA) is 30.5 Å². The predicted octanol–water partition coefficient (Wildman–Crippen LogP) is 5.03. The van der Waals surface area contributed by atoms with Gasteiger partial charge in [0, 0.05) is 17.5 Å². The molecule has 118 valence electrons. The van der Waals surface area contributed by atoms with E-state index >= 15 is 0 Å². The summed E-state index contributed by atoms with van der Waals surface area (Å²) in [6.07, 6.45) is 1.11. The summed E-state index contributed by atoms with van der Waals surface area (Å²) in [4.78, 5) is 0. The van der Waals surface area contributed by atoms with Crippen LogP contribution in [-0.4, -0.2) is 27.6 Å². The zero-order valence-electron chi connectivity index (χ0n) is 13.6. The minimum Gasteiger partial charge on any atom is -0.486 e. The Morgan fingerprint density at radius 2 is 2.10 bits per heavy atom. The second-order valence-electron chi connectivity index (χ2n) is 7.16. The molecule has 0 saturated heterocycles. The Kier molecular flexibility index (Phi) is 5.06. The summed E-state index contributed by atoms with van der Waals surface area (Å²) in [5.74, 6) is 0.932. The van der Waals surface area contributed by atoms with E-state index in [-0.39, 0.29) is 11.1 Å². The van der Waals surface area contributed by atoms with Crippen LogP contribution < -0.4 is 10.1 Å². The first kappa shape index (κ1) is 16.8. The normalized spacial score (nSPS) is 18.7. The Morgan fingerprint density at radius 1 is 1.38 bits per heavy atom. The van der Waals surface area contributed by atoms with Gasteiger partial charge in [-0.15, -0.1) is 0 Å². The van der Waals surface area contributed by atoms with E-state index in [1.807, 2.05) is 12.1 Å². The van der Waals surface area contributed by atoms with Crippen LogP contribution in [0.3, 0.4) is 0 Å². The van der Waals surface area contributed by atoms with Crippen molar-refractivity contribution in [3.05, 3.63) is 22.7 Å². The van der Waals surface area contributed by atoms with Crippen molar-refractivity contribution in [2.75, 3.05) is 18.5 Å². The van der Waals surface area contributed by atoms with Gasteiger partial charge in [-0.3, -0.25) is 0 Å². The Bertz CT molecular complexity index is 500. The van der Waals surface area contributed by atoms with E-state index in [4.69, 9.17) is 9.16 Å². The predicted molar refractivity (Wildman–Crippen MR) is 94.8 cm³/mol. The third-order valence-corrected chi connectivity index (χ3v) is 9.50. The molecule has 0 radical (unpaired) electrons. The smallest absolute Gasteiger partial charge is 0.191 e. The van der Waals surface area contributed by atoms with Gasteiger partial charge in [0.05, 0.1) is 12.2 Å². The van der Waals surface area contributed by atoms with Crippen molar-refractivity contribution in [3.8, 4) is 5.75 Å². The highest BCUT2D eigenvalue weighted by molar-refractivity contribution is 9.10. The Labute approximate surface area is 137 Å². The fourth-order valence-corrected chi connectivity index (χ4v) is 3.43. The molecule has 0 aliphatic carbocycles. The SMILES string of the molecule is CC(C)(C)[Si](C)(C)OCC[C@H]1CNc2cc(Br)ccc2O1. The molecule has 0 amide bonds. The highest BCUT2D eigenvalue weighted by Gasteiger charge is 2.37. The molecule has 0 saturated carbocycles. The number of rotatable bonds is 4. The third kappa shape index (κ3) is 4.24. The monoisotopic (exact) mass is 371 g/mol. The van der Waals surface area contributed by atoms with E-state index in [0.29, 0.717) is 0 Å². The van der Waals surface area contributed by atoms with Crippen LogP contribution in [0.1, 0.15) is 27.2 Å². The summed E-state index contributed by atoms with van der Waals surface area (Å²) in [5, 5.41) is 3.69. The fourth-order valence-electron chi connectivity index (χ4n) is 2.01. The summed E-state index contributed by atoms with van der Waals surface area (Å²) < 4.78 is 13.3. The van der Waals surface area contributed by atoms with E-state index in [2.05, 4.69) is 61.2 Å². The number of benzene rings is 1. The lowest BCUT2D eigenvalue weighted by Gasteiger charge is -2.37. The van der Waals surface area contributed by atoms with Gasteiger partial charge in [-0.2, -0.15) is 0 Å². The molecular formula is C16H26BrNO2Si. The second kappa shape index (κ2) is 6.30. The molecule has 1 aliphatic heterocycles. The third-order valence-electron chi connectivity index (χ3n) is 4.46. The van der Waals surface area contributed by atoms with Gasteiger partial charge in [-0.25, -0.2) is 0 Å². The molecule has 5 heteroatoms. The molecule has 0 unspecified atom stereocenters. The number of nitrogens with one attached hydrogen (secondary N) is 1. The number of hydrogen-bond acceptors (Lipinski definition) is 3. The van der Waals surface area contributed by atoms with Gasteiger partial charge in [0.25, 0.3) is 0 Å². The highest BCUT2D eigenvalue weighted by atomic mass is 79.9. The molecule has 1 atom stereocenters. The zero-order valence-corrected chi connectivity index (χ0v) is 16.2. The van der Waals surface area contributed by atoms with Crippen molar-refractivity contribution in [2.45, 2.75) is 51.4 Å². The lowest BCUT2D eigenvalue weighted by atomic mass is 10.2. The van der Waals surface area contributed by atoms with Gasteiger partial charge in [-0.1, -0.05) is 36.7 Å². The second-order valence-corrected chi connectivity index (χ2v) is 12.9. The number of anilines is 1. The van der Waals surface area contributed by atoms with E-state index < -0.39 is 8.32 Å². The summed E-state index contributed by atoms with van der Waals surface area (Å²) >= 11 is 3.48. The maximum Gasteiger partial charge on any atom is 0.191 e. The van der Waals surface area contributed by atoms with Crippen LogP contribution in [0.15, 0.2) is 22.7 Å². The van der Waals surface area contributed by atoms with Crippen LogP contribution >= 0.6 is 15.9 Å². The molecule has 1 aliphatic rings. The van der Waals surface area contributed by atoms with E-state index in [1.165, 1.54) is 0 Å². The van der Waals surface area contributed by atoms with Crippen LogP contribution in [0.5, 0.6) is 5.75 Å². The van der Waals surface area contributed by atoms with Crippen molar-refractivity contribution in [3.63, 3.8) is 0 Å². The average Bonchev–Trinajstić information content (AvgIpc) is 2.37. The Balaban J connectivity index is 1.85. The largest absolute Gasteiger partial charge is 0.486 e. The molecule has 1 heterocycles. The van der Waals surface area contributed by atoms with Gasteiger partial charge < -0.3 is 14.5 Å². The fraction of sp³-hybridized carbons (Fsp3) is 0.625. The molecule has 1 aromatic carbocycles. The minimum atomic E-state index is -1.65. The van der Waals surface area contributed by atoms with Gasteiger partial charge in [0.1, 0.15) is 11.9 Å². The average molecular weight is 372 g/mol. The lowest BCUT2D eigenvalue weighted by Crippen LogP contribution is -2.42. The van der Waals surface area contributed by atoms with Crippen LogP contribution in [-0.2, 0) is 4.43 Å². The maximum absolute atomic E-state index is 6.23.